The molecule has 0 N–H and O–H groups in total. The molecular weight excluding hydrogens is 196 g/mol. The number of allylic oxidation sites excluding steroid dienone is 2. The van der Waals surface area contributed by atoms with Gasteiger partial charge < -0.3 is 9.47 Å². The fourth-order valence-electron chi connectivity index (χ4n) is 1.70. The molecule has 0 aromatic heterocycles. The first-order valence-electron chi connectivity index (χ1n) is 4.90. The van der Waals surface area contributed by atoms with E-state index in [9.17, 15) is 9.59 Å². The van der Waals surface area contributed by atoms with Crippen molar-refractivity contribution in [1.82, 2.24) is 0 Å². The summed E-state index contributed by atoms with van der Waals surface area (Å²) in [7, 11) is 2.75. The summed E-state index contributed by atoms with van der Waals surface area (Å²) < 4.78 is 9.86. The quantitative estimate of drug-likeness (QED) is 0.710. The van der Waals surface area contributed by atoms with E-state index in [0.29, 0.717) is 6.42 Å². The van der Waals surface area contributed by atoms with E-state index < -0.39 is 5.41 Å². The molecule has 4 nitrogen and oxygen atoms in total. The lowest BCUT2D eigenvalue weighted by molar-refractivity contribution is -0.136. The lowest BCUT2D eigenvalue weighted by atomic mass is 9.74. The zero-order valence-corrected chi connectivity index (χ0v) is 9.55. The maximum absolute atomic E-state index is 12.0. The van der Waals surface area contributed by atoms with E-state index in [1.165, 1.54) is 14.2 Å². The fraction of sp³-hybridized carbons (Fsp3) is 0.636. The molecule has 0 heterocycles. The lowest BCUT2D eigenvalue weighted by Gasteiger charge is -2.31. The van der Waals surface area contributed by atoms with Crippen LogP contribution in [0.25, 0.3) is 0 Å². The number of hydrogen-bond donors (Lipinski definition) is 0. The molecule has 0 aromatic carbocycles. The molecule has 0 spiro atoms. The van der Waals surface area contributed by atoms with Crippen LogP contribution in [0.1, 0.15) is 26.7 Å². The number of carbonyl (C=O) groups excluding carboxylic acids is 2. The Labute approximate surface area is 89.2 Å². The molecule has 0 saturated carbocycles. The molecule has 1 aliphatic carbocycles. The molecule has 0 radical (unpaired) electrons. The van der Waals surface area contributed by atoms with Gasteiger partial charge in [-0.15, -0.1) is 0 Å². The highest BCUT2D eigenvalue weighted by molar-refractivity contribution is 6.12. The maximum Gasteiger partial charge on any atom is 0.208 e. The Bertz CT molecular complexity index is 329. The Morgan fingerprint density at radius 3 is 2.13 bits per heavy atom. The number of hydrogen-bond acceptors (Lipinski definition) is 4. The summed E-state index contributed by atoms with van der Waals surface area (Å²) in [6, 6.07) is 0. The van der Waals surface area contributed by atoms with E-state index >= 15 is 0 Å². The Balaban J connectivity index is 3.23. The summed E-state index contributed by atoms with van der Waals surface area (Å²) in [4.78, 5) is 23.7. The van der Waals surface area contributed by atoms with Crippen LogP contribution in [-0.2, 0) is 19.1 Å². The van der Waals surface area contributed by atoms with E-state index in [1.807, 2.05) is 6.92 Å². The standard InChI is InChI=1S/C11H16O4/c1-5-11(2)6-7(12)8(14-3)9(15-4)10(11)13/h5-6H2,1-4H3. The topological polar surface area (TPSA) is 52.6 Å². The second kappa shape index (κ2) is 4.04. The Kier molecular flexibility index (Phi) is 3.17. The summed E-state index contributed by atoms with van der Waals surface area (Å²) in [5.74, 6) is -0.214. The van der Waals surface area contributed by atoms with Gasteiger partial charge in [-0.2, -0.15) is 0 Å². The van der Waals surface area contributed by atoms with Crippen molar-refractivity contribution in [1.29, 1.82) is 0 Å². The number of rotatable bonds is 3. The van der Waals surface area contributed by atoms with Gasteiger partial charge in [0.1, 0.15) is 0 Å². The van der Waals surface area contributed by atoms with Crippen molar-refractivity contribution in [3.63, 3.8) is 0 Å². The first kappa shape index (κ1) is 11.8. The van der Waals surface area contributed by atoms with Crippen molar-refractivity contribution < 1.29 is 19.1 Å². The molecule has 0 aromatic rings. The van der Waals surface area contributed by atoms with Gasteiger partial charge in [0.15, 0.2) is 0 Å². The number of Topliss-reactive ketones (excluding diaryl/α,β-unsaturated/α-hetero) is 2. The Morgan fingerprint density at radius 2 is 1.73 bits per heavy atom. The average molecular weight is 212 g/mol. The summed E-state index contributed by atoms with van der Waals surface area (Å²) in [5.41, 5.74) is -0.648. The molecule has 15 heavy (non-hydrogen) atoms. The van der Waals surface area contributed by atoms with Gasteiger partial charge in [0.05, 0.1) is 14.2 Å². The summed E-state index contributed by atoms with van der Waals surface area (Å²) in [6.45, 7) is 3.66. The molecule has 1 aliphatic rings. The number of methoxy groups -OCH3 is 2. The Hall–Kier alpha value is -1.32. The smallest absolute Gasteiger partial charge is 0.208 e. The SMILES string of the molecule is CCC1(C)CC(=O)C(OC)=C(OC)C1=O. The van der Waals surface area contributed by atoms with E-state index in [2.05, 4.69) is 0 Å². The lowest BCUT2D eigenvalue weighted by Crippen LogP contribution is -2.38. The van der Waals surface area contributed by atoms with Crippen LogP contribution in [0.3, 0.4) is 0 Å². The molecule has 0 saturated heterocycles. The molecule has 0 fully saturated rings. The number of ketones is 2. The molecule has 84 valence electrons. The maximum atomic E-state index is 12.0. The third-order valence-electron chi connectivity index (χ3n) is 2.95. The highest BCUT2D eigenvalue weighted by atomic mass is 16.5. The average Bonchev–Trinajstić information content (AvgIpc) is 2.22. The van der Waals surface area contributed by atoms with Crippen molar-refractivity contribution in [2.45, 2.75) is 26.7 Å². The molecule has 0 amide bonds. The third-order valence-corrected chi connectivity index (χ3v) is 2.95. The van der Waals surface area contributed by atoms with Crippen LogP contribution in [0.5, 0.6) is 0 Å². The van der Waals surface area contributed by atoms with Crippen LogP contribution >= 0.6 is 0 Å². The van der Waals surface area contributed by atoms with Crippen molar-refractivity contribution in [2.75, 3.05) is 14.2 Å². The molecule has 4 heteroatoms. The van der Waals surface area contributed by atoms with Crippen LogP contribution in [-0.4, -0.2) is 25.8 Å². The first-order chi connectivity index (χ1) is 7.00. The minimum atomic E-state index is -0.648. The fourth-order valence-corrected chi connectivity index (χ4v) is 1.70. The summed E-state index contributed by atoms with van der Waals surface area (Å²) >= 11 is 0. The first-order valence-corrected chi connectivity index (χ1v) is 4.90. The van der Waals surface area contributed by atoms with Crippen molar-refractivity contribution >= 4 is 11.6 Å². The van der Waals surface area contributed by atoms with E-state index in [4.69, 9.17) is 9.47 Å². The van der Waals surface area contributed by atoms with E-state index in [1.54, 1.807) is 6.92 Å². The van der Waals surface area contributed by atoms with Gasteiger partial charge in [0.25, 0.3) is 0 Å². The van der Waals surface area contributed by atoms with Crippen molar-refractivity contribution in [3.8, 4) is 0 Å². The molecule has 1 atom stereocenters. The Morgan fingerprint density at radius 1 is 1.20 bits per heavy atom. The molecule has 1 unspecified atom stereocenters. The second-order valence-electron chi connectivity index (χ2n) is 3.91. The van der Waals surface area contributed by atoms with Gasteiger partial charge in [-0.05, 0) is 6.42 Å². The minimum absolute atomic E-state index is 0.0495. The van der Waals surface area contributed by atoms with E-state index in [0.717, 1.165) is 0 Å². The third kappa shape index (κ3) is 1.76. The van der Waals surface area contributed by atoms with Crippen molar-refractivity contribution in [3.05, 3.63) is 11.5 Å². The second-order valence-corrected chi connectivity index (χ2v) is 3.91. The normalized spacial score (nSPS) is 26.9. The van der Waals surface area contributed by atoms with Crippen LogP contribution in [0.4, 0.5) is 0 Å². The minimum Gasteiger partial charge on any atom is -0.490 e. The number of ether oxygens (including phenoxy) is 2. The molecular formula is C11H16O4. The van der Waals surface area contributed by atoms with Crippen LogP contribution in [0.2, 0.25) is 0 Å². The van der Waals surface area contributed by atoms with Gasteiger partial charge in [0.2, 0.25) is 23.1 Å². The highest BCUT2D eigenvalue weighted by Gasteiger charge is 2.44. The van der Waals surface area contributed by atoms with Gasteiger partial charge in [-0.25, -0.2) is 0 Å². The van der Waals surface area contributed by atoms with Crippen LogP contribution in [0, 0.1) is 5.41 Å². The zero-order valence-electron chi connectivity index (χ0n) is 9.55. The summed E-state index contributed by atoms with van der Waals surface area (Å²) in [6.07, 6.45) is 0.805. The largest absolute Gasteiger partial charge is 0.490 e. The van der Waals surface area contributed by atoms with Gasteiger partial charge >= 0.3 is 0 Å². The van der Waals surface area contributed by atoms with E-state index in [-0.39, 0.29) is 29.5 Å². The predicted octanol–water partition coefficient (Wildman–Crippen LogP) is 1.45. The zero-order chi connectivity index (χ0) is 11.6. The molecule has 0 aliphatic heterocycles. The molecule has 0 bridgehead atoms. The number of carbonyl (C=O) groups is 2. The van der Waals surface area contributed by atoms with Crippen LogP contribution < -0.4 is 0 Å². The van der Waals surface area contributed by atoms with Crippen LogP contribution in [0.15, 0.2) is 11.5 Å². The van der Waals surface area contributed by atoms with Gasteiger partial charge in [0, 0.05) is 11.8 Å². The van der Waals surface area contributed by atoms with Gasteiger partial charge in [-0.1, -0.05) is 13.8 Å². The monoisotopic (exact) mass is 212 g/mol. The summed E-state index contributed by atoms with van der Waals surface area (Å²) in [5, 5.41) is 0. The molecule has 1 rings (SSSR count). The predicted molar refractivity (Wildman–Crippen MR) is 54.1 cm³/mol. The van der Waals surface area contributed by atoms with Gasteiger partial charge in [-0.3, -0.25) is 9.59 Å². The van der Waals surface area contributed by atoms with Crippen molar-refractivity contribution in [2.24, 2.45) is 5.41 Å². The highest BCUT2D eigenvalue weighted by Crippen LogP contribution is 2.37.